The normalized spacial score (nSPS) is 14.3. The first-order chi connectivity index (χ1) is 12.2. The van der Waals surface area contributed by atoms with Crippen molar-refractivity contribution in [1.82, 2.24) is 0 Å². The van der Waals surface area contributed by atoms with Crippen molar-refractivity contribution in [2.24, 2.45) is 0 Å². The summed E-state index contributed by atoms with van der Waals surface area (Å²) in [6.45, 7) is 0.178. The Morgan fingerprint density at radius 2 is 1.68 bits per heavy atom. The van der Waals surface area contributed by atoms with Crippen molar-refractivity contribution >= 4 is 17.6 Å². The van der Waals surface area contributed by atoms with Gasteiger partial charge in [-0.15, -0.1) is 0 Å². The van der Waals surface area contributed by atoms with Crippen LogP contribution in [0.15, 0.2) is 42.5 Å². The molecular formula is C19H18O6. The molecule has 0 bridgehead atoms. The number of benzene rings is 2. The van der Waals surface area contributed by atoms with Gasteiger partial charge in [0, 0.05) is 19.8 Å². The van der Waals surface area contributed by atoms with Crippen LogP contribution in [0.2, 0.25) is 0 Å². The lowest BCUT2D eigenvalue weighted by molar-refractivity contribution is -0.126. The lowest BCUT2D eigenvalue weighted by Crippen LogP contribution is -2.04. The minimum absolute atomic E-state index is 0.0776. The van der Waals surface area contributed by atoms with Gasteiger partial charge in [-0.1, -0.05) is 24.3 Å². The lowest BCUT2D eigenvalue weighted by atomic mass is 10.0. The van der Waals surface area contributed by atoms with Crippen LogP contribution >= 0.6 is 0 Å². The predicted molar refractivity (Wildman–Crippen MR) is 91.4 cm³/mol. The van der Waals surface area contributed by atoms with Crippen molar-refractivity contribution < 1.29 is 28.5 Å². The van der Waals surface area contributed by atoms with Crippen LogP contribution in [0.5, 0.6) is 17.2 Å². The first kappa shape index (κ1) is 17.0. The third-order valence-electron chi connectivity index (χ3n) is 3.54. The monoisotopic (exact) mass is 342 g/mol. The van der Waals surface area contributed by atoms with E-state index >= 15 is 0 Å². The molecule has 1 aliphatic heterocycles. The van der Waals surface area contributed by atoms with Crippen LogP contribution in [0.4, 0.5) is 0 Å². The second-order valence-electron chi connectivity index (χ2n) is 5.25. The number of fused-ring (bicyclic) bond motifs is 1. The highest BCUT2D eigenvalue weighted by atomic mass is 16.7. The predicted octanol–water partition coefficient (Wildman–Crippen LogP) is 3.11. The number of methoxy groups -OCH3 is 2. The summed E-state index contributed by atoms with van der Waals surface area (Å²) in [4.78, 5) is 12.1. The van der Waals surface area contributed by atoms with Gasteiger partial charge in [0.05, 0.1) is 5.57 Å². The maximum Gasteiger partial charge on any atom is 0.344 e. The molecule has 3 rings (SSSR count). The standard InChI is InChI=1S/C19H18O6/c1-21-11-23-17-8-7-13(10-18(17)24-12-22-2)9-15-14-5-3-4-6-16(14)25-19(15)20/h3-10H,11-12H2,1-2H3. The van der Waals surface area contributed by atoms with E-state index in [9.17, 15) is 4.79 Å². The minimum atomic E-state index is -0.375. The van der Waals surface area contributed by atoms with Crippen LogP contribution in [0.1, 0.15) is 11.1 Å². The number of esters is 1. The maximum atomic E-state index is 12.1. The quantitative estimate of drug-likeness (QED) is 0.333. The van der Waals surface area contributed by atoms with Gasteiger partial charge in [-0.25, -0.2) is 4.79 Å². The highest BCUT2D eigenvalue weighted by molar-refractivity contribution is 6.25. The third-order valence-corrected chi connectivity index (χ3v) is 3.54. The molecule has 0 spiro atoms. The van der Waals surface area contributed by atoms with E-state index in [0.717, 1.165) is 11.1 Å². The Bertz CT molecular complexity index is 796. The van der Waals surface area contributed by atoms with Crippen molar-refractivity contribution in [3.8, 4) is 17.2 Å². The molecule has 1 aliphatic rings. The summed E-state index contributed by atoms with van der Waals surface area (Å²) < 4.78 is 26.1. The van der Waals surface area contributed by atoms with Crippen LogP contribution < -0.4 is 14.2 Å². The summed E-state index contributed by atoms with van der Waals surface area (Å²) in [6, 6.07) is 12.7. The van der Waals surface area contributed by atoms with Crippen molar-refractivity contribution in [3.63, 3.8) is 0 Å². The molecule has 0 N–H and O–H groups in total. The Labute approximate surface area is 145 Å². The van der Waals surface area contributed by atoms with Crippen LogP contribution in [0.25, 0.3) is 11.6 Å². The molecule has 0 unspecified atom stereocenters. The zero-order chi connectivity index (χ0) is 17.6. The molecule has 0 aromatic heterocycles. The molecule has 130 valence electrons. The van der Waals surface area contributed by atoms with Crippen LogP contribution in [0.3, 0.4) is 0 Å². The fraction of sp³-hybridized carbons (Fsp3) is 0.211. The van der Waals surface area contributed by atoms with E-state index in [2.05, 4.69) is 0 Å². The maximum absolute atomic E-state index is 12.1. The molecule has 0 saturated carbocycles. The Hall–Kier alpha value is -2.83. The Morgan fingerprint density at radius 3 is 2.44 bits per heavy atom. The highest BCUT2D eigenvalue weighted by Gasteiger charge is 2.26. The lowest BCUT2D eigenvalue weighted by Gasteiger charge is -2.12. The third kappa shape index (κ3) is 3.81. The fourth-order valence-electron chi connectivity index (χ4n) is 2.44. The topological polar surface area (TPSA) is 63.2 Å². The summed E-state index contributed by atoms with van der Waals surface area (Å²) in [5.41, 5.74) is 2.05. The summed E-state index contributed by atoms with van der Waals surface area (Å²) in [6.07, 6.45) is 1.76. The van der Waals surface area contributed by atoms with Gasteiger partial charge in [-0.2, -0.15) is 0 Å². The molecule has 0 radical (unpaired) electrons. The second kappa shape index (κ2) is 7.83. The largest absolute Gasteiger partial charge is 0.464 e. The van der Waals surface area contributed by atoms with Crippen LogP contribution in [-0.4, -0.2) is 33.8 Å². The van der Waals surface area contributed by atoms with Gasteiger partial charge in [-0.3, -0.25) is 0 Å². The van der Waals surface area contributed by atoms with Crippen molar-refractivity contribution in [1.29, 1.82) is 0 Å². The molecule has 0 saturated heterocycles. The summed E-state index contributed by atoms with van der Waals surface area (Å²) in [5.74, 6) is 1.21. The highest BCUT2D eigenvalue weighted by Crippen LogP contribution is 2.36. The first-order valence-corrected chi connectivity index (χ1v) is 7.63. The molecule has 0 amide bonds. The zero-order valence-corrected chi connectivity index (χ0v) is 14.0. The minimum Gasteiger partial charge on any atom is -0.464 e. The number of para-hydroxylation sites is 1. The average Bonchev–Trinajstić information content (AvgIpc) is 2.94. The molecule has 0 fully saturated rings. The van der Waals surface area contributed by atoms with Gasteiger partial charge in [0.2, 0.25) is 0 Å². The Balaban J connectivity index is 1.93. The molecule has 25 heavy (non-hydrogen) atoms. The summed E-state index contributed by atoms with van der Waals surface area (Å²) in [7, 11) is 3.07. The first-order valence-electron chi connectivity index (χ1n) is 7.63. The number of ether oxygens (including phenoxy) is 5. The van der Waals surface area contributed by atoms with Crippen LogP contribution in [-0.2, 0) is 14.3 Å². The number of rotatable bonds is 7. The SMILES string of the molecule is COCOc1ccc(C=C2C(=O)Oc3ccccc32)cc1OCOC. The zero-order valence-electron chi connectivity index (χ0n) is 14.0. The van der Waals surface area contributed by atoms with E-state index in [-0.39, 0.29) is 19.6 Å². The Morgan fingerprint density at radius 1 is 0.960 bits per heavy atom. The van der Waals surface area contributed by atoms with E-state index in [4.69, 9.17) is 23.7 Å². The number of hydrogen-bond donors (Lipinski definition) is 0. The van der Waals surface area contributed by atoms with E-state index in [1.165, 1.54) is 14.2 Å². The molecule has 6 nitrogen and oxygen atoms in total. The van der Waals surface area contributed by atoms with Gasteiger partial charge in [0.15, 0.2) is 25.1 Å². The van der Waals surface area contributed by atoms with E-state index in [0.29, 0.717) is 22.8 Å². The number of hydrogen-bond acceptors (Lipinski definition) is 6. The van der Waals surface area contributed by atoms with Crippen molar-refractivity contribution in [2.75, 3.05) is 27.8 Å². The van der Waals surface area contributed by atoms with Crippen molar-refractivity contribution in [3.05, 3.63) is 53.6 Å². The molecule has 6 heteroatoms. The second-order valence-corrected chi connectivity index (χ2v) is 5.25. The molecule has 0 atom stereocenters. The molecule has 0 aliphatic carbocycles. The summed E-state index contributed by atoms with van der Waals surface area (Å²) >= 11 is 0. The van der Waals surface area contributed by atoms with Gasteiger partial charge >= 0.3 is 5.97 Å². The average molecular weight is 342 g/mol. The smallest absolute Gasteiger partial charge is 0.344 e. The molecule has 2 aromatic rings. The molecular weight excluding hydrogens is 324 g/mol. The van der Waals surface area contributed by atoms with E-state index < -0.39 is 0 Å². The van der Waals surface area contributed by atoms with E-state index in [1.807, 2.05) is 24.3 Å². The fourth-order valence-corrected chi connectivity index (χ4v) is 2.44. The van der Waals surface area contributed by atoms with Gasteiger partial charge in [-0.05, 0) is 29.8 Å². The molecule has 1 heterocycles. The number of carbonyl (C=O) groups excluding carboxylic acids is 1. The number of carbonyl (C=O) groups is 1. The van der Waals surface area contributed by atoms with E-state index in [1.54, 1.807) is 24.3 Å². The van der Waals surface area contributed by atoms with Crippen LogP contribution in [0, 0.1) is 0 Å². The van der Waals surface area contributed by atoms with Crippen molar-refractivity contribution in [2.45, 2.75) is 0 Å². The van der Waals surface area contributed by atoms with Gasteiger partial charge < -0.3 is 23.7 Å². The molecule has 2 aromatic carbocycles. The Kier molecular flexibility index (Phi) is 5.33. The van der Waals surface area contributed by atoms with Gasteiger partial charge in [0.1, 0.15) is 5.75 Å². The van der Waals surface area contributed by atoms with Gasteiger partial charge in [0.25, 0.3) is 0 Å². The summed E-state index contributed by atoms with van der Waals surface area (Å²) in [5, 5.41) is 0.